The van der Waals surface area contributed by atoms with Crippen molar-refractivity contribution in [1.29, 1.82) is 0 Å². The fourth-order valence-electron chi connectivity index (χ4n) is 1.70. The minimum atomic E-state index is 0.466. The molecule has 0 aromatic carbocycles. The summed E-state index contributed by atoms with van der Waals surface area (Å²) in [5, 5.41) is 3.26. The molecule has 0 aliphatic heterocycles. The second-order valence-electron chi connectivity index (χ2n) is 4.12. The Bertz CT molecular complexity index is 356. The molecule has 0 aliphatic carbocycles. The quantitative estimate of drug-likeness (QED) is 0.844. The van der Waals surface area contributed by atoms with E-state index in [4.69, 9.17) is 0 Å². The Morgan fingerprint density at radius 3 is 2.76 bits per heavy atom. The van der Waals surface area contributed by atoms with Gasteiger partial charge >= 0.3 is 0 Å². The Labute approximate surface area is 108 Å². The van der Waals surface area contributed by atoms with Gasteiger partial charge in [0.25, 0.3) is 0 Å². The fraction of sp³-hybridized carbons (Fsp3) is 0.667. The standard InChI is InChI=1S/C12H22N4S/c1-6-13-11-10(3)12(15-8-14-11)16(4)9(2)7-17-5/h8-9H,6-7H2,1-5H3,(H,13,14,15). The van der Waals surface area contributed by atoms with E-state index in [9.17, 15) is 0 Å². The third-order valence-corrected chi connectivity index (χ3v) is 3.62. The van der Waals surface area contributed by atoms with Crippen molar-refractivity contribution in [2.45, 2.75) is 26.8 Å². The van der Waals surface area contributed by atoms with Crippen LogP contribution >= 0.6 is 11.8 Å². The lowest BCUT2D eigenvalue weighted by Gasteiger charge is -2.27. The van der Waals surface area contributed by atoms with Crippen LogP contribution in [0.4, 0.5) is 11.6 Å². The molecule has 1 N–H and O–H groups in total. The van der Waals surface area contributed by atoms with Crippen LogP contribution in [0.15, 0.2) is 6.33 Å². The number of rotatable bonds is 6. The summed E-state index contributed by atoms with van der Waals surface area (Å²) in [6.07, 6.45) is 3.75. The van der Waals surface area contributed by atoms with Crippen molar-refractivity contribution in [3.63, 3.8) is 0 Å². The van der Waals surface area contributed by atoms with Crippen molar-refractivity contribution in [2.24, 2.45) is 0 Å². The first-order valence-electron chi connectivity index (χ1n) is 5.89. The van der Waals surface area contributed by atoms with Gasteiger partial charge in [-0.15, -0.1) is 0 Å². The minimum Gasteiger partial charge on any atom is -0.370 e. The highest BCUT2D eigenvalue weighted by Crippen LogP contribution is 2.23. The molecule has 96 valence electrons. The molecule has 0 aliphatic rings. The van der Waals surface area contributed by atoms with Crippen LogP contribution in [0.2, 0.25) is 0 Å². The highest BCUT2D eigenvalue weighted by atomic mass is 32.2. The summed E-state index contributed by atoms with van der Waals surface area (Å²) >= 11 is 1.85. The third-order valence-electron chi connectivity index (χ3n) is 2.80. The molecule has 5 heteroatoms. The summed E-state index contributed by atoms with van der Waals surface area (Å²) < 4.78 is 0. The SMILES string of the molecule is CCNc1ncnc(N(C)C(C)CSC)c1C. The molecule has 0 saturated heterocycles. The van der Waals surface area contributed by atoms with Gasteiger partial charge in [0.15, 0.2) is 0 Å². The highest BCUT2D eigenvalue weighted by molar-refractivity contribution is 7.98. The van der Waals surface area contributed by atoms with Crippen LogP contribution in [0.3, 0.4) is 0 Å². The fourth-order valence-corrected chi connectivity index (χ4v) is 2.41. The van der Waals surface area contributed by atoms with Crippen molar-refractivity contribution in [2.75, 3.05) is 35.8 Å². The molecule has 1 heterocycles. The van der Waals surface area contributed by atoms with Crippen molar-refractivity contribution in [3.8, 4) is 0 Å². The predicted octanol–water partition coefficient (Wildman–Crippen LogP) is 2.40. The molecule has 1 rings (SSSR count). The van der Waals surface area contributed by atoms with E-state index in [1.165, 1.54) is 0 Å². The van der Waals surface area contributed by atoms with Crippen molar-refractivity contribution < 1.29 is 0 Å². The average Bonchev–Trinajstić information content (AvgIpc) is 2.31. The summed E-state index contributed by atoms with van der Waals surface area (Å²) in [5.74, 6) is 3.04. The normalized spacial score (nSPS) is 12.3. The Balaban J connectivity index is 2.93. The molecule has 0 saturated carbocycles. The zero-order chi connectivity index (χ0) is 12.8. The molecule has 1 aromatic rings. The number of nitrogens with zero attached hydrogens (tertiary/aromatic N) is 3. The van der Waals surface area contributed by atoms with Gasteiger partial charge in [0.1, 0.15) is 18.0 Å². The van der Waals surface area contributed by atoms with Gasteiger partial charge in [-0.25, -0.2) is 9.97 Å². The first kappa shape index (κ1) is 14.1. The number of anilines is 2. The smallest absolute Gasteiger partial charge is 0.137 e. The Hall–Kier alpha value is -0.970. The number of hydrogen-bond acceptors (Lipinski definition) is 5. The van der Waals surface area contributed by atoms with E-state index in [-0.39, 0.29) is 0 Å². The third kappa shape index (κ3) is 3.49. The Morgan fingerprint density at radius 1 is 1.47 bits per heavy atom. The van der Waals surface area contributed by atoms with E-state index in [1.807, 2.05) is 11.8 Å². The molecule has 1 aromatic heterocycles. The van der Waals surface area contributed by atoms with Crippen LogP contribution in [0.5, 0.6) is 0 Å². The number of thioether (sulfide) groups is 1. The van der Waals surface area contributed by atoms with Gasteiger partial charge < -0.3 is 10.2 Å². The van der Waals surface area contributed by atoms with E-state index in [1.54, 1.807) is 6.33 Å². The largest absolute Gasteiger partial charge is 0.370 e. The van der Waals surface area contributed by atoms with Crippen LogP contribution < -0.4 is 10.2 Å². The zero-order valence-corrected chi connectivity index (χ0v) is 12.1. The summed E-state index contributed by atoms with van der Waals surface area (Å²) in [6.45, 7) is 7.23. The maximum absolute atomic E-state index is 4.39. The molecule has 0 fully saturated rings. The first-order valence-corrected chi connectivity index (χ1v) is 7.28. The second kappa shape index (κ2) is 6.69. The van der Waals surface area contributed by atoms with Gasteiger partial charge in [0, 0.05) is 31.0 Å². The average molecular weight is 254 g/mol. The first-order chi connectivity index (χ1) is 8.11. The van der Waals surface area contributed by atoms with Crippen LogP contribution in [-0.4, -0.2) is 41.6 Å². The number of aromatic nitrogens is 2. The van der Waals surface area contributed by atoms with Gasteiger partial charge in [-0.3, -0.25) is 0 Å². The number of nitrogens with one attached hydrogen (secondary N) is 1. The second-order valence-corrected chi connectivity index (χ2v) is 5.03. The van der Waals surface area contributed by atoms with E-state index in [0.717, 1.165) is 29.5 Å². The molecule has 1 atom stereocenters. The van der Waals surface area contributed by atoms with Gasteiger partial charge in [0.05, 0.1) is 0 Å². The van der Waals surface area contributed by atoms with Crippen LogP contribution in [0, 0.1) is 6.92 Å². The Kier molecular flexibility index (Phi) is 5.55. The molecule has 1 unspecified atom stereocenters. The topological polar surface area (TPSA) is 41.1 Å². The monoisotopic (exact) mass is 254 g/mol. The summed E-state index contributed by atoms with van der Waals surface area (Å²) in [4.78, 5) is 10.9. The summed E-state index contributed by atoms with van der Waals surface area (Å²) in [7, 11) is 2.09. The maximum atomic E-state index is 4.39. The maximum Gasteiger partial charge on any atom is 0.137 e. The molecule has 0 spiro atoms. The molecule has 4 nitrogen and oxygen atoms in total. The molecule has 0 amide bonds. The molecule has 17 heavy (non-hydrogen) atoms. The Morgan fingerprint density at radius 2 is 2.18 bits per heavy atom. The van der Waals surface area contributed by atoms with E-state index in [0.29, 0.717) is 6.04 Å². The highest BCUT2D eigenvalue weighted by Gasteiger charge is 2.15. The van der Waals surface area contributed by atoms with E-state index >= 15 is 0 Å². The van der Waals surface area contributed by atoms with E-state index in [2.05, 4.69) is 54.3 Å². The predicted molar refractivity (Wildman–Crippen MR) is 77.2 cm³/mol. The summed E-state index contributed by atoms with van der Waals surface area (Å²) in [6, 6.07) is 0.466. The molecular weight excluding hydrogens is 232 g/mol. The van der Waals surface area contributed by atoms with Crippen molar-refractivity contribution in [3.05, 3.63) is 11.9 Å². The molecular formula is C12H22N4S. The van der Waals surface area contributed by atoms with E-state index < -0.39 is 0 Å². The lowest BCUT2D eigenvalue weighted by atomic mass is 10.2. The van der Waals surface area contributed by atoms with Gasteiger partial charge in [0.2, 0.25) is 0 Å². The van der Waals surface area contributed by atoms with Gasteiger partial charge in [-0.05, 0) is 27.0 Å². The lowest BCUT2D eigenvalue weighted by Crippen LogP contribution is -2.32. The van der Waals surface area contributed by atoms with Crippen molar-refractivity contribution >= 4 is 23.4 Å². The van der Waals surface area contributed by atoms with Crippen LogP contribution in [0.1, 0.15) is 19.4 Å². The lowest BCUT2D eigenvalue weighted by molar-refractivity contribution is 0.748. The van der Waals surface area contributed by atoms with Crippen LogP contribution in [-0.2, 0) is 0 Å². The summed E-state index contributed by atoms with van der Waals surface area (Å²) in [5.41, 5.74) is 1.12. The van der Waals surface area contributed by atoms with Gasteiger partial charge in [-0.1, -0.05) is 0 Å². The van der Waals surface area contributed by atoms with Gasteiger partial charge in [-0.2, -0.15) is 11.8 Å². The van der Waals surface area contributed by atoms with Crippen molar-refractivity contribution in [1.82, 2.24) is 9.97 Å². The molecule has 0 radical (unpaired) electrons. The molecule has 0 bridgehead atoms. The minimum absolute atomic E-state index is 0.466. The number of hydrogen-bond donors (Lipinski definition) is 1. The zero-order valence-electron chi connectivity index (χ0n) is 11.3. The van der Waals surface area contributed by atoms with Crippen LogP contribution in [0.25, 0.3) is 0 Å².